The number of fused-ring (bicyclic) bond motifs is 8. The number of hydrogen-bond acceptors (Lipinski definition) is 3. The third-order valence-electron chi connectivity index (χ3n) is 5.92. The molecule has 0 spiro atoms. The first-order chi connectivity index (χ1) is 15.7. The molecule has 8 bridgehead atoms. The molecule has 3 aromatic heterocycles. The fourth-order valence-corrected chi connectivity index (χ4v) is 4.40. The summed E-state index contributed by atoms with van der Waals surface area (Å²) in [4.78, 5) is 18.9. The summed E-state index contributed by atoms with van der Waals surface area (Å²) in [5.41, 5.74) is 9.10. The van der Waals surface area contributed by atoms with Crippen molar-refractivity contribution in [1.82, 2.24) is 24.8 Å². The third-order valence-corrected chi connectivity index (χ3v) is 5.92. The van der Waals surface area contributed by atoms with E-state index >= 15 is 0 Å². The highest BCUT2D eigenvalue weighted by Crippen LogP contribution is 2.30. The van der Waals surface area contributed by atoms with Crippen LogP contribution in [-0.2, 0) is 0 Å². The van der Waals surface area contributed by atoms with E-state index in [1.54, 1.807) is 0 Å². The number of nitrogens with zero attached hydrogens (tertiary/aromatic N) is 3. The van der Waals surface area contributed by atoms with Gasteiger partial charge >= 0.3 is 0 Å². The molecule has 3 aliphatic heterocycles. The molecule has 10 heteroatoms. The molecule has 3 aliphatic rings. The van der Waals surface area contributed by atoms with Crippen LogP contribution in [0.2, 0.25) is 0 Å². The lowest BCUT2D eigenvalue weighted by Gasteiger charge is -2.29. The normalized spacial score (nSPS) is 14.5. The van der Waals surface area contributed by atoms with E-state index in [2.05, 4.69) is 88.7 Å². The highest BCUT2D eigenvalue weighted by atomic mass is 35.5. The van der Waals surface area contributed by atoms with E-state index in [-0.39, 0.29) is 68.1 Å². The second-order valence-electron chi connectivity index (χ2n) is 8.13. The maximum atomic E-state index is 4.80. The largest absolute Gasteiger partial charge is 0.367 e. The average molecular weight is 600 g/mol. The van der Waals surface area contributed by atoms with Crippen molar-refractivity contribution in [2.45, 2.75) is 13.0 Å². The number of aromatic amines is 2. The lowest BCUT2D eigenvalue weighted by molar-refractivity contribution is 0.340. The second-order valence-corrected chi connectivity index (χ2v) is 8.13. The Morgan fingerprint density at radius 1 is 0.676 bits per heavy atom. The van der Waals surface area contributed by atoms with Gasteiger partial charge in [-0.1, -0.05) is 12.2 Å². The maximum Gasteiger partial charge on any atom is 0.0744 e. The fourth-order valence-electron chi connectivity index (χ4n) is 4.40. The molecule has 3 aromatic rings. The molecule has 5 nitrogen and oxygen atoms in total. The van der Waals surface area contributed by atoms with Crippen LogP contribution >= 0.6 is 62.0 Å². The zero-order valence-electron chi connectivity index (χ0n) is 19.8. The predicted molar refractivity (Wildman–Crippen MR) is 168 cm³/mol. The molecule has 0 fully saturated rings. The van der Waals surface area contributed by atoms with Crippen molar-refractivity contribution in [2.75, 3.05) is 6.54 Å². The van der Waals surface area contributed by atoms with E-state index in [4.69, 9.17) is 9.97 Å². The summed E-state index contributed by atoms with van der Waals surface area (Å²) in [6, 6.07) is 14.9. The van der Waals surface area contributed by atoms with Crippen LogP contribution in [-0.4, -0.2) is 31.4 Å². The molecule has 0 amide bonds. The Balaban J connectivity index is 0.00000137. The van der Waals surface area contributed by atoms with E-state index < -0.39 is 0 Å². The molecule has 1 atom stereocenters. The van der Waals surface area contributed by atoms with Crippen molar-refractivity contribution in [3.8, 4) is 0 Å². The van der Waals surface area contributed by atoms with Gasteiger partial charge in [0.05, 0.1) is 28.8 Å². The minimum atomic E-state index is 0. The number of H-pyrrole nitrogens is 2. The smallest absolute Gasteiger partial charge is 0.0744 e. The van der Waals surface area contributed by atoms with Gasteiger partial charge in [0.2, 0.25) is 0 Å². The number of aromatic nitrogens is 4. The molecule has 0 saturated carbocycles. The lowest BCUT2D eigenvalue weighted by Crippen LogP contribution is -2.23. The summed E-state index contributed by atoms with van der Waals surface area (Å²) < 4.78 is 0. The Morgan fingerprint density at radius 3 is 1.92 bits per heavy atom. The predicted octanol–water partition coefficient (Wildman–Crippen LogP) is 8.21. The highest BCUT2D eigenvalue weighted by molar-refractivity contribution is 5.86. The van der Waals surface area contributed by atoms with E-state index in [0.717, 1.165) is 51.4 Å². The summed E-state index contributed by atoms with van der Waals surface area (Å²) in [7, 11) is 0. The number of halogens is 5. The van der Waals surface area contributed by atoms with Crippen molar-refractivity contribution in [1.29, 1.82) is 0 Å². The summed E-state index contributed by atoms with van der Waals surface area (Å²) in [6.07, 6.45) is 16.7. The van der Waals surface area contributed by atoms with Gasteiger partial charge in [0, 0.05) is 34.2 Å². The molecule has 0 radical (unpaired) electrons. The molecular formula is C27H28Cl5N5. The molecule has 0 saturated heterocycles. The Kier molecular flexibility index (Phi) is 12.0. The van der Waals surface area contributed by atoms with Crippen LogP contribution in [0.25, 0.3) is 46.4 Å². The molecule has 196 valence electrons. The zero-order chi connectivity index (χ0) is 21.5. The van der Waals surface area contributed by atoms with Gasteiger partial charge in [0.25, 0.3) is 0 Å². The van der Waals surface area contributed by atoms with E-state index in [0.29, 0.717) is 0 Å². The molecule has 6 heterocycles. The first kappa shape index (κ1) is 32.4. The van der Waals surface area contributed by atoms with Crippen LogP contribution in [0, 0.1) is 0 Å². The van der Waals surface area contributed by atoms with Crippen molar-refractivity contribution in [2.24, 2.45) is 0 Å². The second kappa shape index (κ2) is 13.8. The van der Waals surface area contributed by atoms with Crippen molar-refractivity contribution in [3.63, 3.8) is 0 Å². The number of likely N-dealkylation sites (N-methyl/N-ethyl adjacent to an activating group) is 1. The topological polar surface area (TPSA) is 60.6 Å². The number of allylic oxidation sites excluding steroid dienone is 2. The van der Waals surface area contributed by atoms with Crippen LogP contribution in [0.4, 0.5) is 0 Å². The number of rotatable bonds is 2. The van der Waals surface area contributed by atoms with Gasteiger partial charge in [-0.25, -0.2) is 9.97 Å². The Bertz CT molecular complexity index is 1500. The molecule has 6 rings (SSSR count). The minimum Gasteiger partial charge on any atom is -0.367 e. The van der Waals surface area contributed by atoms with Crippen LogP contribution < -0.4 is 0 Å². The molecule has 37 heavy (non-hydrogen) atoms. The Labute approximate surface area is 247 Å². The average Bonchev–Trinajstić information content (AvgIpc) is 3.59. The van der Waals surface area contributed by atoms with E-state index in [1.165, 1.54) is 5.56 Å². The van der Waals surface area contributed by atoms with E-state index in [1.807, 2.05) is 24.3 Å². The molecule has 0 aliphatic carbocycles. The quantitative estimate of drug-likeness (QED) is 0.215. The van der Waals surface area contributed by atoms with Crippen LogP contribution in [0.1, 0.15) is 41.3 Å². The first-order valence-corrected chi connectivity index (χ1v) is 10.9. The summed E-state index contributed by atoms with van der Waals surface area (Å²) in [6.45, 7) is 3.12. The summed E-state index contributed by atoms with van der Waals surface area (Å²) in [5.74, 6) is 0. The van der Waals surface area contributed by atoms with Crippen LogP contribution in [0.5, 0.6) is 0 Å². The fraction of sp³-hybridized carbons (Fsp3) is 0.111. The molecule has 0 aromatic carbocycles. The number of hydrogen-bond donors (Lipinski definition) is 2. The summed E-state index contributed by atoms with van der Waals surface area (Å²) in [5, 5.41) is 0. The van der Waals surface area contributed by atoms with Crippen molar-refractivity contribution < 1.29 is 0 Å². The highest BCUT2D eigenvalue weighted by Gasteiger charge is 2.18. The standard InChI is InChI=1S/C27H23N5.5ClH/c1-2-32-12-4-3-5-27(32)25-16-24-15-22-9-8-20(29-22)13-18-6-7-19(28-18)14-21-10-11-23(30-21)17-26(25)31-24;;;;;/h3-17,27,29,31H,2H2,1H3;5*1H. The Morgan fingerprint density at radius 2 is 1.27 bits per heavy atom. The monoisotopic (exact) mass is 597 g/mol. The Hall–Kier alpha value is -2.67. The van der Waals surface area contributed by atoms with Gasteiger partial charge in [0.1, 0.15) is 0 Å². The zero-order valence-corrected chi connectivity index (χ0v) is 23.9. The van der Waals surface area contributed by atoms with Crippen molar-refractivity contribution >= 4 is 108 Å². The molecule has 1 unspecified atom stereocenters. The van der Waals surface area contributed by atoms with Gasteiger partial charge in [-0.05, 0) is 86.0 Å². The van der Waals surface area contributed by atoms with Crippen molar-refractivity contribution in [3.05, 3.63) is 95.2 Å². The van der Waals surface area contributed by atoms with Gasteiger partial charge in [-0.2, -0.15) is 0 Å². The number of nitrogens with one attached hydrogen (secondary N) is 2. The van der Waals surface area contributed by atoms with Gasteiger partial charge in [-0.15, -0.1) is 62.0 Å². The SMILES string of the molecule is CCN1C=CC=CC1c1cc2cc3ccc(cc4nc(cc5nc(cc1[nH]2)C=C5)C=C4)[nH]3.Cl.Cl.Cl.Cl.Cl. The van der Waals surface area contributed by atoms with Gasteiger partial charge < -0.3 is 14.9 Å². The van der Waals surface area contributed by atoms with Gasteiger partial charge in [-0.3, -0.25) is 0 Å². The third kappa shape index (κ3) is 6.81. The van der Waals surface area contributed by atoms with Crippen LogP contribution in [0.15, 0.2) is 66.9 Å². The maximum absolute atomic E-state index is 4.80. The van der Waals surface area contributed by atoms with Gasteiger partial charge in [0.15, 0.2) is 0 Å². The lowest BCUT2D eigenvalue weighted by atomic mass is 10.0. The van der Waals surface area contributed by atoms with Crippen LogP contribution in [0.3, 0.4) is 0 Å². The molecule has 2 N–H and O–H groups in total. The first-order valence-electron chi connectivity index (χ1n) is 10.9. The summed E-state index contributed by atoms with van der Waals surface area (Å²) >= 11 is 0. The van der Waals surface area contributed by atoms with E-state index in [9.17, 15) is 0 Å². The molecular weight excluding hydrogens is 572 g/mol. The minimum absolute atomic E-state index is 0.